The van der Waals surface area contributed by atoms with Gasteiger partial charge in [-0.1, -0.05) is 30.0 Å². The average Bonchev–Trinajstić information content (AvgIpc) is 2.85. The Kier molecular flexibility index (Phi) is 4.92. The molecule has 1 heterocycles. The maximum absolute atomic E-state index is 12.9. The first-order valence-electron chi connectivity index (χ1n) is 7.55. The number of thiocarbonyl (C=S) groups is 1. The van der Waals surface area contributed by atoms with Crippen LogP contribution in [0.5, 0.6) is 11.5 Å². The van der Waals surface area contributed by atoms with Crippen molar-refractivity contribution in [3.8, 4) is 11.5 Å². The van der Waals surface area contributed by atoms with E-state index in [9.17, 15) is 28.2 Å². The topological polar surface area (TPSA) is 60.8 Å². The van der Waals surface area contributed by atoms with Gasteiger partial charge in [-0.3, -0.25) is 9.69 Å². The number of hydrogen-bond donors (Lipinski definition) is 2. The smallest absolute Gasteiger partial charge is 0.416 e. The van der Waals surface area contributed by atoms with Gasteiger partial charge in [0.15, 0.2) is 4.32 Å². The van der Waals surface area contributed by atoms with E-state index in [-0.39, 0.29) is 26.4 Å². The van der Waals surface area contributed by atoms with Gasteiger partial charge < -0.3 is 10.2 Å². The Morgan fingerprint density at radius 3 is 2.37 bits per heavy atom. The third-order valence-electron chi connectivity index (χ3n) is 3.90. The Balaban J connectivity index is 1.97. The summed E-state index contributed by atoms with van der Waals surface area (Å²) in [5.41, 5.74) is -0.208. The van der Waals surface area contributed by atoms with E-state index < -0.39 is 17.6 Å². The van der Waals surface area contributed by atoms with Crippen LogP contribution in [0.3, 0.4) is 0 Å². The maximum Gasteiger partial charge on any atom is 0.416 e. The maximum atomic E-state index is 12.9. The van der Waals surface area contributed by atoms with Gasteiger partial charge in [0, 0.05) is 5.56 Å². The van der Waals surface area contributed by atoms with Crippen molar-refractivity contribution in [1.29, 1.82) is 0 Å². The molecule has 27 heavy (non-hydrogen) atoms. The average molecular weight is 411 g/mol. The van der Waals surface area contributed by atoms with Crippen LogP contribution < -0.4 is 4.90 Å². The second-order valence-corrected chi connectivity index (χ2v) is 7.43. The zero-order chi connectivity index (χ0) is 19.9. The zero-order valence-corrected chi connectivity index (χ0v) is 15.4. The molecule has 0 saturated carbocycles. The number of benzene rings is 2. The summed E-state index contributed by atoms with van der Waals surface area (Å²) in [6.07, 6.45) is -3.13. The number of rotatable bonds is 2. The number of anilines is 1. The summed E-state index contributed by atoms with van der Waals surface area (Å²) in [7, 11) is 0. The minimum atomic E-state index is -4.54. The van der Waals surface area contributed by atoms with Gasteiger partial charge in [-0.2, -0.15) is 13.2 Å². The number of hydrogen-bond acceptors (Lipinski definition) is 5. The Bertz CT molecular complexity index is 963. The number of carbonyl (C=O) groups is 1. The Labute approximate surface area is 161 Å². The SMILES string of the molecule is Cc1c(O)cc(/C=C2\SC(=S)N(c3cccc(C(F)(F)F)c3)C2=O)cc1O. The van der Waals surface area contributed by atoms with Gasteiger partial charge in [0.1, 0.15) is 11.5 Å². The lowest BCUT2D eigenvalue weighted by atomic mass is 10.1. The lowest BCUT2D eigenvalue weighted by Crippen LogP contribution is -2.27. The van der Waals surface area contributed by atoms with Crippen LogP contribution in [0.2, 0.25) is 0 Å². The number of amides is 1. The molecule has 1 fully saturated rings. The van der Waals surface area contributed by atoms with Crippen LogP contribution in [0.4, 0.5) is 18.9 Å². The summed E-state index contributed by atoms with van der Waals surface area (Å²) in [6.45, 7) is 1.53. The number of thioether (sulfide) groups is 1. The molecule has 2 aromatic rings. The molecule has 9 heteroatoms. The zero-order valence-electron chi connectivity index (χ0n) is 13.7. The molecule has 0 aliphatic carbocycles. The second-order valence-electron chi connectivity index (χ2n) is 5.75. The largest absolute Gasteiger partial charge is 0.508 e. The van der Waals surface area contributed by atoms with E-state index in [0.29, 0.717) is 11.1 Å². The lowest BCUT2D eigenvalue weighted by molar-refractivity contribution is -0.137. The van der Waals surface area contributed by atoms with E-state index in [0.717, 1.165) is 28.8 Å². The standard InChI is InChI=1S/C18H12F3NO3S2/c1-9-13(23)5-10(6-14(9)24)7-15-16(25)22(17(26)27-15)12-4-2-3-11(8-12)18(19,20)21/h2-8,23-24H,1H3/b15-7-. The number of carbonyl (C=O) groups excluding carboxylic acids is 1. The molecular formula is C18H12F3NO3S2. The first kappa shape index (κ1) is 19.2. The van der Waals surface area contributed by atoms with E-state index in [4.69, 9.17) is 12.2 Å². The van der Waals surface area contributed by atoms with Crippen LogP contribution in [-0.4, -0.2) is 20.4 Å². The third-order valence-corrected chi connectivity index (χ3v) is 5.20. The molecule has 1 aliphatic rings. The van der Waals surface area contributed by atoms with Crippen LogP contribution in [0.15, 0.2) is 41.3 Å². The highest BCUT2D eigenvalue weighted by Gasteiger charge is 2.36. The lowest BCUT2D eigenvalue weighted by Gasteiger charge is -2.16. The molecule has 0 atom stereocenters. The first-order chi connectivity index (χ1) is 12.6. The van der Waals surface area contributed by atoms with Gasteiger partial charge in [0.05, 0.1) is 16.2 Å². The molecule has 1 saturated heterocycles. The van der Waals surface area contributed by atoms with Crippen molar-refractivity contribution in [2.45, 2.75) is 13.1 Å². The molecule has 2 aromatic carbocycles. The second kappa shape index (κ2) is 6.90. The van der Waals surface area contributed by atoms with E-state index in [2.05, 4.69) is 0 Å². The van der Waals surface area contributed by atoms with Gasteiger partial charge in [-0.05, 0) is 48.9 Å². The van der Waals surface area contributed by atoms with Gasteiger partial charge in [0.25, 0.3) is 5.91 Å². The first-order valence-corrected chi connectivity index (χ1v) is 8.78. The van der Waals surface area contributed by atoms with E-state index in [1.54, 1.807) is 0 Å². The number of phenolic OH excluding ortho intramolecular Hbond substituents is 2. The summed E-state index contributed by atoms with van der Waals surface area (Å²) in [6, 6.07) is 7.08. The minimum Gasteiger partial charge on any atom is -0.508 e. The Morgan fingerprint density at radius 1 is 1.15 bits per heavy atom. The molecule has 0 bridgehead atoms. The highest BCUT2D eigenvalue weighted by molar-refractivity contribution is 8.27. The minimum absolute atomic E-state index is 0.0188. The molecule has 1 amide bonds. The molecule has 0 radical (unpaired) electrons. The van der Waals surface area contributed by atoms with Crippen molar-refractivity contribution in [3.05, 3.63) is 58.0 Å². The number of alkyl halides is 3. The fraction of sp³-hybridized carbons (Fsp3) is 0.111. The van der Waals surface area contributed by atoms with Crippen LogP contribution >= 0.6 is 24.0 Å². The predicted molar refractivity (Wildman–Crippen MR) is 102 cm³/mol. The van der Waals surface area contributed by atoms with Gasteiger partial charge >= 0.3 is 6.18 Å². The van der Waals surface area contributed by atoms with Crippen molar-refractivity contribution in [3.63, 3.8) is 0 Å². The monoisotopic (exact) mass is 411 g/mol. The molecule has 140 valence electrons. The van der Waals surface area contributed by atoms with Gasteiger partial charge in [-0.25, -0.2) is 0 Å². The van der Waals surface area contributed by atoms with Crippen molar-refractivity contribution in [2.24, 2.45) is 0 Å². The number of aromatic hydroxyl groups is 2. The molecular weight excluding hydrogens is 399 g/mol. The van der Waals surface area contributed by atoms with Crippen molar-refractivity contribution < 1.29 is 28.2 Å². The molecule has 0 unspecified atom stereocenters. The molecule has 0 aromatic heterocycles. The van der Waals surface area contributed by atoms with E-state index in [1.165, 1.54) is 37.3 Å². The van der Waals surface area contributed by atoms with E-state index in [1.807, 2.05) is 0 Å². The summed E-state index contributed by atoms with van der Waals surface area (Å²) in [5.74, 6) is -0.868. The van der Waals surface area contributed by atoms with Crippen LogP contribution in [-0.2, 0) is 11.0 Å². The highest BCUT2D eigenvalue weighted by atomic mass is 32.2. The van der Waals surface area contributed by atoms with Crippen LogP contribution in [0, 0.1) is 6.92 Å². The van der Waals surface area contributed by atoms with Crippen LogP contribution in [0.1, 0.15) is 16.7 Å². The van der Waals surface area contributed by atoms with Crippen LogP contribution in [0.25, 0.3) is 6.08 Å². The number of phenols is 2. The fourth-order valence-corrected chi connectivity index (χ4v) is 3.75. The fourth-order valence-electron chi connectivity index (χ4n) is 2.45. The summed E-state index contributed by atoms with van der Waals surface area (Å²) in [5, 5.41) is 19.6. The summed E-state index contributed by atoms with van der Waals surface area (Å²) < 4.78 is 38.9. The quantitative estimate of drug-likeness (QED) is 0.548. The molecule has 3 rings (SSSR count). The summed E-state index contributed by atoms with van der Waals surface area (Å²) >= 11 is 6.07. The third kappa shape index (κ3) is 3.79. The molecule has 0 spiro atoms. The molecule has 4 nitrogen and oxygen atoms in total. The predicted octanol–water partition coefficient (Wildman–Crippen LogP) is 4.83. The van der Waals surface area contributed by atoms with Gasteiger partial charge in [0.2, 0.25) is 0 Å². The molecule has 1 aliphatic heterocycles. The normalized spacial score (nSPS) is 16.4. The summed E-state index contributed by atoms with van der Waals surface area (Å²) in [4.78, 5) is 13.9. The van der Waals surface area contributed by atoms with Crippen molar-refractivity contribution >= 4 is 46.0 Å². The van der Waals surface area contributed by atoms with Crippen molar-refractivity contribution in [2.75, 3.05) is 4.90 Å². The van der Waals surface area contributed by atoms with Crippen molar-refractivity contribution in [1.82, 2.24) is 0 Å². The van der Waals surface area contributed by atoms with Gasteiger partial charge in [-0.15, -0.1) is 0 Å². The molecule has 2 N–H and O–H groups in total. The number of nitrogens with zero attached hydrogens (tertiary/aromatic N) is 1. The highest BCUT2D eigenvalue weighted by Crippen LogP contribution is 2.39. The number of halogens is 3. The Morgan fingerprint density at radius 2 is 1.78 bits per heavy atom. The Hall–Kier alpha value is -2.52. The van der Waals surface area contributed by atoms with E-state index >= 15 is 0 Å².